The molecule has 2 aliphatic rings. The maximum Gasteiger partial charge on any atom is 0.205 e. The van der Waals surface area contributed by atoms with E-state index in [1.54, 1.807) is 14.2 Å². The molecular formula is C27H30N3O3+. The predicted molar refractivity (Wildman–Crippen MR) is 127 cm³/mol. The molecule has 6 nitrogen and oxygen atoms in total. The summed E-state index contributed by atoms with van der Waals surface area (Å²) in [4.78, 5) is 1.44. The molecule has 170 valence electrons. The van der Waals surface area contributed by atoms with Crippen molar-refractivity contribution in [2.45, 2.75) is 19.3 Å². The van der Waals surface area contributed by atoms with Crippen LogP contribution >= 0.6 is 0 Å². The number of ether oxygens (including phenoxy) is 3. The molecule has 0 aliphatic carbocycles. The summed E-state index contributed by atoms with van der Waals surface area (Å²) in [5, 5.41) is 9.96. The number of allylic oxidation sites excluding steroid dienone is 1. The fourth-order valence-electron chi connectivity index (χ4n) is 4.65. The first-order chi connectivity index (χ1) is 16.1. The second kappa shape index (κ2) is 9.85. The molecule has 6 heteroatoms. The SMILES string of the molecule is CCC[NH+]1CC2=C(OC(N)=C(C#N)[C@H]2c2ccc(OC)cc2)/C(=C/c2ccc(OC)cc2)C1. The van der Waals surface area contributed by atoms with Gasteiger partial charge in [-0.1, -0.05) is 31.2 Å². The van der Waals surface area contributed by atoms with Crippen molar-refractivity contribution in [3.63, 3.8) is 0 Å². The van der Waals surface area contributed by atoms with E-state index in [9.17, 15) is 5.26 Å². The summed E-state index contributed by atoms with van der Waals surface area (Å²) in [5.41, 5.74) is 11.0. The molecular weight excluding hydrogens is 414 g/mol. The van der Waals surface area contributed by atoms with E-state index in [1.165, 1.54) is 4.90 Å². The zero-order chi connectivity index (χ0) is 23.4. The average molecular weight is 445 g/mol. The monoisotopic (exact) mass is 444 g/mol. The van der Waals surface area contributed by atoms with E-state index in [0.717, 1.165) is 65.6 Å². The van der Waals surface area contributed by atoms with Gasteiger partial charge in [0.05, 0.1) is 26.7 Å². The molecule has 4 rings (SSSR count). The molecule has 0 amide bonds. The van der Waals surface area contributed by atoms with Gasteiger partial charge in [-0.3, -0.25) is 0 Å². The van der Waals surface area contributed by atoms with Gasteiger partial charge in [-0.25, -0.2) is 0 Å². The highest BCUT2D eigenvalue weighted by molar-refractivity contribution is 5.62. The Balaban J connectivity index is 1.82. The lowest BCUT2D eigenvalue weighted by molar-refractivity contribution is -0.892. The number of rotatable bonds is 6. The first kappa shape index (κ1) is 22.5. The topological polar surface area (TPSA) is 81.9 Å². The van der Waals surface area contributed by atoms with Crippen molar-refractivity contribution >= 4 is 6.08 Å². The second-order valence-electron chi connectivity index (χ2n) is 8.35. The zero-order valence-corrected chi connectivity index (χ0v) is 19.4. The molecule has 2 aromatic rings. The Hall–Kier alpha value is -3.69. The van der Waals surface area contributed by atoms with Crippen LogP contribution in [0.2, 0.25) is 0 Å². The van der Waals surface area contributed by atoms with Crippen molar-refractivity contribution in [2.24, 2.45) is 5.73 Å². The number of nitrogens with zero attached hydrogens (tertiary/aromatic N) is 1. The Bertz CT molecular complexity index is 1140. The number of hydrogen-bond donors (Lipinski definition) is 2. The van der Waals surface area contributed by atoms with E-state index in [-0.39, 0.29) is 11.8 Å². The van der Waals surface area contributed by atoms with E-state index in [0.29, 0.717) is 5.57 Å². The van der Waals surface area contributed by atoms with Crippen molar-refractivity contribution < 1.29 is 19.1 Å². The third-order valence-electron chi connectivity index (χ3n) is 6.21. The van der Waals surface area contributed by atoms with Crippen LogP contribution in [0, 0.1) is 11.3 Å². The summed E-state index contributed by atoms with van der Waals surface area (Å²) >= 11 is 0. The van der Waals surface area contributed by atoms with Gasteiger partial charge in [0.2, 0.25) is 5.88 Å². The summed E-state index contributed by atoms with van der Waals surface area (Å²) in [6.07, 6.45) is 3.23. The van der Waals surface area contributed by atoms with Crippen LogP contribution in [0.1, 0.15) is 30.4 Å². The number of nitrogens with two attached hydrogens (primary N) is 1. The highest BCUT2D eigenvalue weighted by Crippen LogP contribution is 2.42. The minimum Gasteiger partial charge on any atom is -0.497 e. The number of quaternary nitrogens is 1. The van der Waals surface area contributed by atoms with E-state index in [4.69, 9.17) is 19.9 Å². The summed E-state index contributed by atoms with van der Waals surface area (Å²) in [6.45, 7) is 4.87. The molecule has 3 N–H and O–H groups in total. The number of nitriles is 1. The van der Waals surface area contributed by atoms with Crippen LogP contribution in [0.4, 0.5) is 0 Å². The summed E-state index contributed by atoms with van der Waals surface area (Å²) in [5.74, 6) is 2.33. The first-order valence-electron chi connectivity index (χ1n) is 11.2. The maximum absolute atomic E-state index is 9.96. The third kappa shape index (κ3) is 4.59. The van der Waals surface area contributed by atoms with Gasteiger partial charge in [-0.05, 0) is 47.9 Å². The fourth-order valence-corrected chi connectivity index (χ4v) is 4.65. The zero-order valence-electron chi connectivity index (χ0n) is 19.4. The van der Waals surface area contributed by atoms with Gasteiger partial charge >= 0.3 is 0 Å². The highest BCUT2D eigenvalue weighted by atomic mass is 16.5. The van der Waals surface area contributed by atoms with Gasteiger partial charge < -0.3 is 24.8 Å². The van der Waals surface area contributed by atoms with Crippen molar-refractivity contribution in [1.82, 2.24) is 0 Å². The molecule has 0 spiro atoms. The van der Waals surface area contributed by atoms with Gasteiger partial charge in [-0.2, -0.15) is 5.26 Å². The minimum atomic E-state index is -0.240. The van der Waals surface area contributed by atoms with Gasteiger partial charge in [-0.15, -0.1) is 0 Å². The Kier molecular flexibility index (Phi) is 6.71. The van der Waals surface area contributed by atoms with Crippen LogP contribution in [0.15, 0.2) is 76.9 Å². The number of nitrogens with one attached hydrogen (secondary N) is 1. The quantitative estimate of drug-likeness (QED) is 0.715. The van der Waals surface area contributed by atoms with Crippen molar-refractivity contribution in [3.8, 4) is 17.6 Å². The Morgan fingerprint density at radius 3 is 2.27 bits per heavy atom. The van der Waals surface area contributed by atoms with E-state index in [2.05, 4.69) is 19.1 Å². The highest BCUT2D eigenvalue weighted by Gasteiger charge is 2.39. The molecule has 33 heavy (non-hydrogen) atoms. The Morgan fingerprint density at radius 2 is 1.70 bits per heavy atom. The molecule has 0 fully saturated rings. The second-order valence-corrected chi connectivity index (χ2v) is 8.35. The molecule has 0 saturated heterocycles. The maximum atomic E-state index is 9.96. The fraction of sp³-hybridized carbons (Fsp3) is 0.296. The number of methoxy groups -OCH3 is 2. The van der Waals surface area contributed by atoms with E-state index < -0.39 is 0 Å². The largest absolute Gasteiger partial charge is 0.497 e. The van der Waals surface area contributed by atoms with Gasteiger partial charge in [0, 0.05) is 11.1 Å². The summed E-state index contributed by atoms with van der Waals surface area (Å²) < 4.78 is 16.7. The van der Waals surface area contributed by atoms with E-state index in [1.807, 2.05) is 48.5 Å². The molecule has 0 bridgehead atoms. The lowest BCUT2D eigenvalue weighted by atomic mass is 9.80. The Morgan fingerprint density at radius 1 is 1.06 bits per heavy atom. The van der Waals surface area contributed by atoms with E-state index >= 15 is 0 Å². The molecule has 2 aromatic carbocycles. The Labute approximate surface area is 195 Å². The van der Waals surface area contributed by atoms with Gasteiger partial charge in [0.1, 0.15) is 42.0 Å². The number of benzene rings is 2. The normalized spacial score (nSPS) is 21.3. The summed E-state index contributed by atoms with van der Waals surface area (Å²) in [7, 11) is 3.31. The molecule has 0 aromatic heterocycles. The van der Waals surface area contributed by atoms with Crippen LogP contribution in [-0.2, 0) is 4.74 Å². The number of hydrogen-bond acceptors (Lipinski definition) is 5. The standard InChI is InChI=1S/C27H29N3O3/c1-4-13-30-16-20(14-18-5-9-21(31-2)10-6-18)26-24(17-30)25(23(15-28)27(29)33-26)19-7-11-22(32-3)12-8-19/h5-12,14,25H,4,13,16-17,29H2,1-3H3/p+1/b20-14+/t25-/m1/s1. The van der Waals surface area contributed by atoms with Crippen LogP contribution in [-0.4, -0.2) is 33.9 Å². The third-order valence-corrected chi connectivity index (χ3v) is 6.21. The minimum absolute atomic E-state index is 0.177. The van der Waals surface area contributed by atoms with Crippen molar-refractivity contribution in [3.05, 3.63) is 88.0 Å². The molecule has 1 unspecified atom stereocenters. The van der Waals surface area contributed by atoms with Crippen LogP contribution in [0.3, 0.4) is 0 Å². The van der Waals surface area contributed by atoms with Crippen molar-refractivity contribution in [2.75, 3.05) is 33.9 Å². The van der Waals surface area contributed by atoms with Crippen LogP contribution in [0.5, 0.6) is 11.5 Å². The van der Waals surface area contributed by atoms with Gasteiger partial charge in [0.15, 0.2) is 0 Å². The molecule has 2 heterocycles. The lowest BCUT2D eigenvalue weighted by Crippen LogP contribution is -3.13. The average Bonchev–Trinajstić information content (AvgIpc) is 2.84. The first-order valence-corrected chi connectivity index (χ1v) is 11.2. The van der Waals surface area contributed by atoms with Crippen LogP contribution in [0.25, 0.3) is 6.08 Å². The summed E-state index contributed by atoms with van der Waals surface area (Å²) in [6, 6.07) is 18.1. The van der Waals surface area contributed by atoms with Gasteiger partial charge in [0.25, 0.3) is 0 Å². The predicted octanol–water partition coefficient (Wildman–Crippen LogP) is 3.16. The molecule has 2 aliphatic heterocycles. The molecule has 0 saturated carbocycles. The van der Waals surface area contributed by atoms with Crippen molar-refractivity contribution in [1.29, 1.82) is 5.26 Å². The molecule has 0 radical (unpaired) electrons. The molecule has 2 atom stereocenters. The van der Waals surface area contributed by atoms with Crippen LogP contribution < -0.4 is 20.1 Å². The smallest absolute Gasteiger partial charge is 0.205 e. The lowest BCUT2D eigenvalue weighted by Gasteiger charge is -2.36.